The van der Waals surface area contributed by atoms with Gasteiger partial charge < -0.3 is 4.57 Å². The average Bonchev–Trinajstić information content (AvgIpc) is 3.49. The lowest BCUT2D eigenvalue weighted by atomic mass is 9.67. The second-order valence-electron chi connectivity index (χ2n) is 10.5. The number of hydrogen-bond donors (Lipinski definition) is 0. The number of fused-ring (bicyclic) bond motifs is 13. The third kappa shape index (κ3) is 2.62. The molecular weight excluding hydrogens is 490 g/mol. The molecule has 39 heavy (non-hydrogen) atoms. The molecule has 1 aliphatic heterocycles. The van der Waals surface area contributed by atoms with E-state index >= 15 is 0 Å². The fourth-order valence-corrected chi connectivity index (χ4v) is 8.43. The maximum absolute atomic E-state index is 2.48. The largest absolute Gasteiger partial charge is 0.309 e. The van der Waals surface area contributed by atoms with Crippen LogP contribution in [0, 0.1) is 0 Å². The molecule has 1 aliphatic carbocycles. The Bertz CT molecular complexity index is 2050. The predicted octanol–water partition coefficient (Wildman–Crippen LogP) is 9.61. The summed E-state index contributed by atoms with van der Waals surface area (Å²) in [6.45, 7) is 0. The lowest BCUT2D eigenvalue weighted by molar-refractivity contribution is 0.723. The summed E-state index contributed by atoms with van der Waals surface area (Å²) in [7, 11) is 0. The highest BCUT2D eigenvalue weighted by atomic mass is 32.2. The topological polar surface area (TPSA) is 4.93 Å². The van der Waals surface area contributed by atoms with E-state index in [0.29, 0.717) is 0 Å². The Morgan fingerprint density at radius 3 is 1.85 bits per heavy atom. The van der Waals surface area contributed by atoms with Crippen LogP contribution in [-0.4, -0.2) is 4.57 Å². The minimum atomic E-state index is -0.365. The van der Waals surface area contributed by atoms with Crippen LogP contribution in [0.4, 0.5) is 0 Å². The van der Waals surface area contributed by atoms with Crippen molar-refractivity contribution < 1.29 is 0 Å². The highest BCUT2D eigenvalue weighted by molar-refractivity contribution is 7.99. The quantitative estimate of drug-likeness (QED) is 0.211. The van der Waals surface area contributed by atoms with E-state index in [1.54, 1.807) is 0 Å². The molecule has 9 rings (SSSR count). The maximum atomic E-state index is 2.48. The summed E-state index contributed by atoms with van der Waals surface area (Å²) in [5.74, 6) is 0. The van der Waals surface area contributed by atoms with Gasteiger partial charge in [0.05, 0.1) is 16.4 Å². The van der Waals surface area contributed by atoms with E-state index in [9.17, 15) is 0 Å². The van der Waals surface area contributed by atoms with Crippen molar-refractivity contribution in [3.05, 3.63) is 162 Å². The Hall–Kier alpha value is -4.53. The number of hydrogen-bond acceptors (Lipinski definition) is 1. The number of benzene rings is 6. The molecule has 2 aliphatic rings. The van der Waals surface area contributed by atoms with Gasteiger partial charge in [-0.25, -0.2) is 0 Å². The molecule has 0 unspecified atom stereocenters. The van der Waals surface area contributed by atoms with E-state index in [4.69, 9.17) is 0 Å². The summed E-state index contributed by atoms with van der Waals surface area (Å²) in [6, 6.07) is 51.6. The van der Waals surface area contributed by atoms with Gasteiger partial charge in [0.15, 0.2) is 0 Å². The molecule has 0 fully saturated rings. The number of aromatic nitrogens is 1. The first kappa shape index (κ1) is 21.4. The molecule has 2 heteroatoms. The molecule has 0 N–H and O–H groups in total. The van der Waals surface area contributed by atoms with Crippen molar-refractivity contribution in [3.8, 4) is 16.8 Å². The van der Waals surface area contributed by atoms with Gasteiger partial charge in [-0.1, -0.05) is 121 Å². The van der Waals surface area contributed by atoms with Crippen LogP contribution in [0.2, 0.25) is 0 Å². The zero-order valence-electron chi connectivity index (χ0n) is 21.1. The van der Waals surface area contributed by atoms with Gasteiger partial charge in [-0.2, -0.15) is 0 Å². The molecule has 2 heterocycles. The van der Waals surface area contributed by atoms with Crippen LogP contribution in [0.5, 0.6) is 0 Å². The molecular formula is C37H23NS. The smallest absolute Gasteiger partial charge is 0.0736 e. The third-order valence-electron chi connectivity index (χ3n) is 8.66. The van der Waals surface area contributed by atoms with E-state index in [1.165, 1.54) is 70.7 Å². The molecule has 7 aromatic rings. The van der Waals surface area contributed by atoms with Gasteiger partial charge in [0, 0.05) is 31.8 Å². The molecule has 0 atom stereocenters. The van der Waals surface area contributed by atoms with E-state index < -0.39 is 0 Å². The van der Waals surface area contributed by atoms with Crippen LogP contribution in [0.3, 0.4) is 0 Å². The van der Waals surface area contributed by atoms with Gasteiger partial charge >= 0.3 is 0 Å². The summed E-state index contributed by atoms with van der Waals surface area (Å²) in [5, 5.41) is 2.59. The monoisotopic (exact) mass is 513 g/mol. The molecule has 1 spiro atoms. The number of para-hydroxylation sites is 2. The highest BCUT2D eigenvalue weighted by Crippen LogP contribution is 2.63. The summed E-state index contributed by atoms with van der Waals surface area (Å²) in [4.78, 5) is 2.67. The van der Waals surface area contributed by atoms with Crippen molar-refractivity contribution in [2.75, 3.05) is 0 Å². The van der Waals surface area contributed by atoms with E-state index in [1.807, 2.05) is 11.8 Å². The van der Waals surface area contributed by atoms with Gasteiger partial charge in [-0.15, -0.1) is 0 Å². The van der Waals surface area contributed by atoms with Crippen molar-refractivity contribution in [2.24, 2.45) is 0 Å². The molecule has 0 amide bonds. The van der Waals surface area contributed by atoms with Crippen LogP contribution in [0.15, 0.2) is 149 Å². The lowest BCUT2D eigenvalue weighted by Gasteiger charge is -2.39. The number of rotatable bonds is 1. The maximum Gasteiger partial charge on any atom is 0.0736 e. The minimum Gasteiger partial charge on any atom is -0.309 e. The fraction of sp³-hybridized carbons (Fsp3) is 0.0270. The Kier molecular flexibility index (Phi) is 4.26. The minimum absolute atomic E-state index is 0.365. The van der Waals surface area contributed by atoms with E-state index in [0.717, 1.165) is 0 Å². The van der Waals surface area contributed by atoms with Crippen molar-refractivity contribution in [1.29, 1.82) is 0 Å². The number of nitrogens with zero attached hydrogens (tertiary/aromatic N) is 1. The zero-order chi connectivity index (χ0) is 25.6. The fourth-order valence-electron chi connectivity index (χ4n) is 7.24. The summed E-state index contributed by atoms with van der Waals surface area (Å²) in [5.41, 5.74) is 11.5. The van der Waals surface area contributed by atoms with Crippen LogP contribution >= 0.6 is 11.8 Å². The third-order valence-corrected chi connectivity index (χ3v) is 9.81. The molecule has 1 nitrogen and oxygen atoms in total. The summed E-state index contributed by atoms with van der Waals surface area (Å²) >= 11 is 1.89. The van der Waals surface area contributed by atoms with Gasteiger partial charge in [0.1, 0.15) is 0 Å². The van der Waals surface area contributed by atoms with E-state index in [-0.39, 0.29) is 5.41 Å². The summed E-state index contributed by atoms with van der Waals surface area (Å²) in [6.07, 6.45) is 0. The molecule has 0 saturated heterocycles. The van der Waals surface area contributed by atoms with Crippen molar-refractivity contribution in [3.63, 3.8) is 0 Å². The molecule has 1 aromatic heterocycles. The van der Waals surface area contributed by atoms with Crippen LogP contribution < -0.4 is 0 Å². The van der Waals surface area contributed by atoms with Gasteiger partial charge in [-0.05, 0) is 58.1 Å². The SMILES string of the molecule is c1ccc(-n2c3ccccc3c3ccc4c(c32)-c2ccccc2C42c3ccccc3Sc3ccccc32)cc1. The first-order valence-corrected chi connectivity index (χ1v) is 14.3. The Morgan fingerprint density at radius 2 is 1.08 bits per heavy atom. The predicted molar refractivity (Wildman–Crippen MR) is 162 cm³/mol. The average molecular weight is 514 g/mol. The van der Waals surface area contributed by atoms with Gasteiger partial charge in [-0.3, -0.25) is 0 Å². The van der Waals surface area contributed by atoms with Crippen molar-refractivity contribution >= 4 is 33.6 Å². The molecule has 0 saturated carbocycles. The Morgan fingerprint density at radius 1 is 0.462 bits per heavy atom. The van der Waals surface area contributed by atoms with Crippen molar-refractivity contribution in [2.45, 2.75) is 15.2 Å². The molecule has 0 radical (unpaired) electrons. The second-order valence-corrected chi connectivity index (χ2v) is 11.5. The molecule has 6 aromatic carbocycles. The Labute approximate surface area is 231 Å². The zero-order valence-corrected chi connectivity index (χ0v) is 22.0. The highest BCUT2D eigenvalue weighted by Gasteiger charge is 2.50. The van der Waals surface area contributed by atoms with Gasteiger partial charge in [0.2, 0.25) is 0 Å². The van der Waals surface area contributed by atoms with Gasteiger partial charge in [0.25, 0.3) is 0 Å². The normalized spacial score (nSPS) is 14.3. The first-order chi connectivity index (χ1) is 19.4. The Balaban J connectivity index is 1.54. The van der Waals surface area contributed by atoms with Crippen LogP contribution in [0.1, 0.15) is 22.3 Å². The first-order valence-electron chi connectivity index (χ1n) is 13.5. The summed E-state index contributed by atoms with van der Waals surface area (Å²) < 4.78 is 2.48. The van der Waals surface area contributed by atoms with Crippen molar-refractivity contribution in [1.82, 2.24) is 4.57 Å². The second kappa shape index (κ2) is 7.75. The van der Waals surface area contributed by atoms with Crippen LogP contribution in [0.25, 0.3) is 38.6 Å². The standard InChI is InChI=1S/C37H23NS/c1-2-12-24(13-3-1)38-32-19-9-5-14-25(32)26-22-23-31-35(36(26)38)27-15-4-6-16-28(27)37(31)29-17-7-10-20-33(29)39-34-21-11-8-18-30(34)37/h1-23H. The van der Waals surface area contributed by atoms with E-state index in [2.05, 4.69) is 144 Å². The van der Waals surface area contributed by atoms with Crippen LogP contribution in [-0.2, 0) is 5.41 Å². The molecule has 182 valence electrons. The molecule has 0 bridgehead atoms. The lowest BCUT2D eigenvalue weighted by Crippen LogP contribution is -2.31.